The van der Waals surface area contributed by atoms with Crippen LogP contribution >= 0.6 is 24.0 Å². The number of unbranched alkanes of at least 4 members (excludes halogenated alkanes) is 2. The van der Waals surface area contributed by atoms with Gasteiger partial charge in [-0.3, -0.25) is 4.99 Å². The van der Waals surface area contributed by atoms with E-state index in [0.717, 1.165) is 29.6 Å². The van der Waals surface area contributed by atoms with Gasteiger partial charge in [0.25, 0.3) is 0 Å². The van der Waals surface area contributed by atoms with E-state index >= 15 is 0 Å². The molecule has 1 heterocycles. The Bertz CT molecular complexity index is 466. The van der Waals surface area contributed by atoms with Crippen molar-refractivity contribution in [2.45, 2.75) is 32.7 Å². The Balaban J connectivity index is 0.00000220. The fourth-order valence-electron chi connectivity index (χ4n) is 2.04. The quantitative estimate of drug-likeness (QED) is 0.331. The number of ether oxygens (including phenoxy) is 2. The number of aliphatic imine (C=N–C) groups is 1. The molecule has 1 aliphatic heterocycles. The van der Waals surface area contributed by atoms with Gasteiger partial charge in [-0.1, -0.05) is 25.8 Å². The Labute approximate surface area is 143 Å². The van der Waals surface area contributed by atoms with Gasteiger partial charge < -0.3 is 20.1 Å². The lowest BCUT2D eigenvalue weighted by Crippen LogP contribution is -2.37. The summed E-state index contributed by atoms with van der Waals surface area (Å²) in [7, 11) is 1.79. The molecule has 5 nitrogen and oxygen atoms in total. The van der Waals surface area contributed by atoms with Crippen LogP contribution in [0.2, 0.25) is 0 Å². The summed E-state index contributed by atoms with van der Waals surface area (Å²) in [4.78, 5) is 4.21. The van der Waals surface area contributed by atoms with E-state index in [1.807, 2.05) is 18.2 Å². The average Bonchev–Trinajstić information content (AvgIpc) is 2.94. The van der Waals surface area contributed by atoms with Gasteiger partial charge in [0.2, 0.25) is 6.79 Å². The summed E-state index contributed by atoms with van der Waals surface area (Å²) in [6.07, 6.45) is 3.64. The van der Waals surface area contributed by atoms with Crippen LogP contribution in [0.4, 0.5) is 0 Å². The number of nitrogens with zero attached hydrogens (tertiary/aromatic N) is 1. The van der Waals surface area contributed by atoms with Gasteiger partial charge >= 0.3 is 0 Å². The number of hydrogen-bond acceptors (Lipinski definition) is 3. The number of hydrogen-bond donors (Lipinski definition) is 2. The van der Waals surface area contributed by atoms with Crippen LogP contribution in [0.15, 0.2) is 23.2 Å². The van der Waals surface area contributed by atoms with Crippen molar-refractivity contribution in [3.8, 4) is 11.5 Å². The predicted molar refractivity (Wildman–Crippen MR) is 95.7 cm³/mol. The Hall–Kier alpha value is -1.18. The summed E-state index contributed by atoms with van der Waals surface area (Å²) in [5.41, 5.74) is 1.14. The summed E-state index contributed by atoms with van der Waals surface area (Å²) in [5.74, 6) is 2.46. The van der Waals surface area contributed by atoms with Crippen LogP contribution in [-0.2, 0) is 6.54 Å². The minimum Gasteiger partial charge on any atom is -0.454 e. The average molecular weight is 405 g/mol. The Morgan fingerprint density at radius 3 is 2.76 bits per heavy atom. The van der Waals surface area contributed by atoms with Gasteiger partial charge in [0.05, 0.1) is 0 Å². The van der Waals surface area contributed by atoms with E-state index in [1.165, 1.54) is 19.3 Å². The SMILES string of the molecule is CCCCCNC(=NC)NCc1ccc2c(c1)OCO2.I. The number of fused-ring (bicyclic) bond motifs is 1. The molecule has 0 unspecified atom stereocenters. The second kappa shape index (κ2) is 9.70. The van der Waals surface area contributed by atoms with Crippen molar-refractivity contribution in [1.82, 2.24) is 10.6 Å². The summed E-state index contributed by atoms with van der Waals surface area (Å²) in [6, 6.07) is 5.97. The maximum atomic E-state index is 5.37. The molecule has 0 radical (unpaired) electrons. The fourth-order valence-corrected chi connectivity index (χ4v) is 2.04. The molecule has 0 fully saturated rings. The number of guanidine groups is 1. The topological polar surface area (TPSA) is 54.9 Å². The van der Waals surface area contributed by atoms with Crippen molar-refractivity contribution in [1.29, 1.82) is 0 Å². The summed E-state index contributed by atoms with van der Waals surface area (Å²) < 4.78 is 10.7. The van der Waals surface area contributed by atoms with Gasteiger partial charge in [0.15, 0.2) is 17.5 Å². The zero-order valence-electron chi connectivity index (χ0n) is 12.6. The molecule has 0 saturated heterocycles. The maximum Gasteiger partial charge on any atom is 0.231 e. The van der Waals surface area contributed by atoms with E-state index < -0.39 is 0 Å². The van der Waals surface area contributed by atoms with E-state index in [4.69, 9.17) is 9.47 Å². The number of rotatable bonds is 6. The van der Waals surface area contributed by atoms with Crippen molar-refractivity contribution >= 4 is 29.9 Å². The first-order valence-corrected chi connectivity index (χ1v) is 7.16. The summed E-state index contributed by atoms with van der Waals surface area (Å²) >= 11 is 0. The van der Waals surface area contributed by atoms with E-state index in [1.54, 1.807) is 7.05 Å². The zero-order valence-corrected chi connectivity index (χ0v) is 15.0. The van der Waals surface area contributed by atoms with E-state index in [2.05, 4.69) is 22.5 Å². The lowest BCUT2D eigenvalue weighted by atomic mass is 10.2. The van der Waals surface area contributed by atoms with Crippen LogP contribution in [0.3, 0.4) is 0 Å². The third-order valence-electron chi connectivity index (χ3n) is 3.19. The Kier molecular flexibility index (Phi) is 8.26. The van der Waals surface area contributed by atoms with Gasteiger partial charge in [0, 0.05) is 20.1 Å². The third kappa shape index (κ3) is 5.61. The molecule has 2 N–H and O–H groups in total. The largest absolute Gasteiger partial charge is 0.454 e. The van der Waals surface area contributed by atoms with E-state index in [0.29, 0.717) is 13.3 Å². The highest BCUT2D eigenvalue weighted by Gasteiger charge is 2.13. The Morgan fingerprint density at radius 2 is 2.00 bits per heavy atom. The molecule has 1 aliphatic rings. The third-order valence-corrected chi connectivity index (χ3v) is 3.19. The molecule has 0 atom stereocenters. The van der Waals surface area contributed by atoms with Gasteiger partial charge in [-0.15, -0.1) is 24.0 Å². The zero-order chi connectivity index (χ0) is 14.2. The minimum atomic E-state index is 0. The molecule has 0 aliphatic carbocycles. The molecule has 0 saturated carbocycles. The lowest BCUT2D eigenvalue weighted by molar-refractivity contribution is 0.174. The first-order valence-electron chi connectivity index (χ1n) is 7.16. The van der Waals surface area contributed by atoms with Crippen LogP contribution in [0, 0.1) is 0 Å². The molecular weight excluding hydrogens is 381 g/mol. The summed E-state index contributed by atoms with van der Waals surface area (Å²) in [6.45, 7) is 4.18. The second-order valence-corrected chi connectivity index (χ2v) is 4.75. The number of halogens is 1. The highest BCUT2D eigenvalue weighted by atomic mass is 127. The van der Waals surface area contributed by atoms with Crippen molar-refractivity contribution < 1.29 is 9.47 Å². The first-order chi connectivity index (χ1) is 9.83. The highest BCUT2D eigenvalue weighted by Crippen LogP contribution is 2.32. The van der Waals surface area contributed by atoms with Gasteiger partial charge in [-0.2, -0.15) is 0 Å². The van der Waals surface area contributed by atoms with Crippen molar-refractivity contribution in [2.75, 3.05) is 20.4 Å². The molecule has 1 aromatic carbocycles. The molecule has 21 heavy (non-hydrogen) atoms. The monoisotopic (exact) mass is 405 g/mol. The highest BCUT2D eigenvalue weighted by molar-refractivity contribution is 14.0. The number of nitrogens with one attached hydrogen (secondary N) is 2. The van der Waals surface area contributed by atoms with Crippen LogP contribution in [0.1, 0.15) is 31.7 Å². The lowest BCUT2D eigenvalue weighted by Gasteiger charge is -2.12. The molecule has 1 aromatic rings. The first kappa shape index (κ1) is 17.9. The summed E-state index contributed by atoms with van der Waals surface area (Å²) in [5, 5.41) is 6.61. The van der Waals surface area contributed by atoms with Crippen LogP contribution in [-0.4, -0.2) is 26.3 Å². The number of benzene rings is 1. The van der Waals surface area contributed by atoms with Crippen molar-refractivity contribution in [3.05, 3.63) is 23.8 Å². The maximum absolute atomic E-state index is 5.37. The normalized spacial score (nSPS) is 12.8. The molecule has 2 rings (SSSR count). The molecule has 6 heteroatoms. The fraction of sp³-hybridized carbons (Fsp3) is 0.533. The van der Waals surface area contributed by atoms with Crippen LogP contribution < -0.4 is 20.1 Å². The van der Waals surface area contributed by atoms with E-state index in [-0.39, 0.29) is 24.0 Å². The van der Waals surface area contributed by atoms with E-state index in [9.17, 15) is 0 Å². The molecule has 118 valence electrons. The van der Waals surface area contributed by atoms with Gasteiger partial charge in [-0.05, 0) is 24.1 Å². The standard InChI is InChI=1S/C15H23N3O2.HI/c1-3-4-5-8-17-15(16-2)18-10-12-6-7-13-14(9-12)20-11-19-13;/h6-7,9H,3-5,8,10-11H2,1-2H3,(H2,16,17,18);1H. The second-order valence-electron chi connectivity index (χ2n) is 4.75. The predicted octanol–water partition coefficient (Wildman–Crippen LogP) is 2.89. The van der Waals surface area contributed by atoms with Gasteiger partial charge in [0.1, 0.15) is 0 Å². The molecule has 0 spiro atoms. The molecule has 0 aromatic heterocycles. The van der Waals surface area contributed by atoms with Crippen molar-refractivity contribution in [2.24, 2.45) is 4.99 Å². The minimum absolute atomic E-state index is 0. The Morgan fingerprint density at radius 1 is 1.19 bits per heavy atom. The van der Waals surface area contributed by atoms with Crippen molar-refractivity contribution in [3.63, 3.8) is 0 Å². The molecule has 0 bridgehead atoms. The van der Waals surface area contributed by atoms with Gasteiger partial charge in [-0.25, -0.2) is 0 Å². The smallest absolute Gasteiger partial charge is 0.231 e. The molecular formula is C15H24IN3O2. The van der Waals surface area contributed by atoms with Crippen LogP contribution in [0.25, 0.3) is 0 Å². The van der Waals surface area contributed by atoms with Crippen LogP contribution in [0.5, 0.6) is 11.5 Å². The molecule has 0 amide bonds.